The first-order valence-corrected chi connectivity index (χ1v) is 6.38. The molecule has 4 heteroatoms. The average molecular weight is 247 g/mol. The number of hydrogen-bond acceptors (Lipinski definition) is 3. The Balaban J connectivity index is 2.24. The van der Waals surface area contributed by atoms with Crippen LogP contribution in [0.2, 0.25) is 0 Å². The van der Waals surface area contributed by atoms with E-state index in [0.29, 0.717) is 0 Å². The van der Waals surface area contributed by atoms with Crippen molar-refractivity contribution in [3.05, 3.63) is 41.1 Å². The summed E-state index contributed by atoms with van der Waals surface area (Å²) in [5.41, 5.74) is 4.87. The minimum Gasteiger partial charge on any atom is -0.472 e. The van der Waals surface area contributed by atoms with Crippen molar-refractivity contribution < 1.29 is 4.42 Å². The lowest BCUT2D eigenvalue weighted by Gasteiger charge is -2.16. The van der Waals surface area contributed by atoms with Gasteiger partial charge in [0, 0.05) is 24.3 Å². The van der Waals surface area contributed by atoms with E-state index in [1.54, 1.807) is 6.26 Å². The number of nitrogens with zero attached hydrogens (tertiary/aromatic N) is 2. The fraction of sp³-hybridized carbons (Fsp3) is 0.500. The van der Waals surface area contributed by atoms with Crippen molar-refractivity contribution in [3.63, 3.8) is 0 Å². The summed E-state index contributed by atoms with van der Waals surface area (Å²) in [7, 11) is 1.99. The number of aryl methyl sites for hydroxylation is 2. The summed E-state index contributed by atoms with van der Waals surface area (Å²) in [6.07, 6.45) is 4.48. The monoisotopic (exact) mass is 247 g/mol. The Bertz CT molecular complexity index is 499. The zero-order valence-electron chi connectivity index (χ0n) is 11.5. The van der Waals surface area contributed by atoms with Crippen molar-refractivity contribution in [3.8, 4) is 0 Å². The van der Waals surface area contributed by atoms with Crippen LogP contribution in [-0.2, 0) is 13.5 Å². The predicted octanol–water partition coefficient (Wildman–Crippen LogP) is 2.52. The number of aromatic nitrogens is 2. The molecule has 0 radical (unpaired) electrons. The maximum atomic E-state index is 5.18. The molecule has 2 aromatic heterocycles. The third-order valence-electron chi connectivity index (χ3n) is 3.46. The molecule has 0 aliphatic carbocycles. The molecule has 2 heterocycles. The molecule has 0 bridgehead atoms. The van der Waals surface area contributed by atoms with Crippen molar-refractivity contribution in [2.45, 2.75) is 33.2 Å². The van der Waals surface area contributed by atoms with Gasteiger partial charge in [0.25, 0.3) is 0 Å². The predicted molar refractivity (Wildman–Crippen MR) is 71.5 cm³/mol. The number of rotatable bonds is 5. The van der Waals surface area contributed by atoms with Crippen LogP contribution in [0.15, 0.2) is 23.0 Å². The average Bonchev–Trinajstić information content (AvgIpc) is 2.93. The van der Waals surface area contributed by atoms with E-state index in [9.17, 15) is 0 Å². The molecule has 0 aromatic carbocycles. The number of nitrogens with one attached hydrogen (secondary N) is 1. The molecule has 2 rings (SSSR count). The highest BCUT2D eigenvalue weighted by molar-refractivity contribution is 5.27. The van der Waals surface area contributed by atoms with Crippen LogP contribution >= 0.6 is 0 Å². The van der Waals surface area contributed by atoms with Gasteiger partial charge >= 0.3 is 0 Å². The maximum absolute atomic E-state index is 5.18. The molecule has 0 saturated heterocycles. The van der Waals surface area contributed by atoms with Crippen LogP contribution in [0.5, 0.6) is 0 Å². The van der Waals surface area contributed by atoms with E-state index in [2.05, 4.69) is 31.2 Å². The first-order valence-electron chi connectivity index (χ1n) is 6.38. The normalized spacial score (nSPS) is 12.9. The van der Waals surface area contributed by atoms with Crippen LogP contribution in [0, 0.1) is 13.8 Å². The molecule has 0 fully saturated rings. The molecule has 2 aromatic rings. The summed E-state index contributed by atoms with van der Waals surface area (Å²) in [5, 5.41) is 7.97. The first-order chi connectivity index (χ1) is 8.63. The molecule has 4 nitrogen and oxygen atoms in total. The summed E-state index contributed by atoms with van der Waals surface area (Å²) in [6.45, 7) is 7.25. The third-order valence-corrected chi connectivity index (χ3v) is 3.46. The Hall–Kier alpha value is -1.55. The molecule has 0 aliphatic heterocycles. The second kappa shape index (κ2) is 5.40. The topological polar surface area (TPSA) is 43.0 Å². The number of hydrogen-bond donors (Lipinski definition) is 1. The Morgan fingerprint density at radius 3 is 2.72 bits per heavy atom. The standard InChI is InChI=1S/C14H21N3O/c1-5-15-14(12-6-7-18-9-12)8-13-10(2)16-17(4)11(13)3/h6-7,9,14-15H,5,8H2,1-4H3. The zero-order valence-corrected chi connectivity index (χ0v) is 11.5. The van der Waals surface area contributed by atoms with Gasteiger partial charge in [-0.05, 0) is 38.4 Å². The summed E-state index contributed by atoms with van der Waals surface area (Å²) in [5.74, 6) is 0. The molecule has 1 atom stereocenters. The van der Waals surface area contributed by atoms with E-state index in [4.69, 9.17) is 4.42 Å². The number of furan rings is 1. The Kier molecular flexibility index (Phi) is 3.87. The second-order valence-corrected chi connectivity index (χ2v) is 4.64. The van der Waals surface area contributed by atoms with Gasteiger partial charge in [-0.3, -0.25) is 4.68 Å². The minimum atomic E-state index is 0.287. The second-order valence-electron chi connectivity index (χ2n) is 4.64. The van der Waals surface area contributed by atoms with Crippen LogP contribution in [0.3, 0.4) is 0 Å². The van der Waals surface area contributed by atoms with E-state index in [1.807, 2.05) is 24.1 Å². The quantitative estimate of drug-likeness (QED) is 0.883. The summed E-state index contributed by atoms with van der Waals surface area (Å²) in [4.78, 5) is 0. The fourth-order valence-electron chi connectivity index (χ4n) is 2.34. The van der Waals surface area contributed by atoms with Crippen LogP contribution in [0.1, 0.15) is 35.5 Å². The summed E-state index contributed by atoms with van der Waals surface area (Å²) >= 11 is 0. The van der Waals surface area contributed by atoms with Gasteiger partial charge in [0.05, 0.1) is 18.2 Å². The van der Waals surface area contributed by atoms with Gasteiger partial charge in [-0.2, -0.15) is 5.10 Å². The van der Waals surface area contributed by atoms with Crippen molar-refractivity contribution in [1.29, 1.82) is 0 Å². The molecular weight excluding hydrogens is 226 g/mol. The van der Waals surface area contributed by atoms with Gasteiger partial charge in [0.15, 0.2) is 0 Å². The van der Waals surface area contributed by atoms with Crippen molar-refractivity contribution in [1.82, 2.24) is 15.1 Å². The Morgan fingerprint density at radius 2 is 2.22 bits per heavy atom. The van der Waals surface area contributed by atoms with Gasteiger partial charge in [0.1, 0.15) is 0 Å². The van der Waals surface area contributed by atoms with Gasteiger partial charge in [-0.15, -0.1) is 0 Å². The molecule has 1 unspecified atom stereocenters. The van der Waals surface area contributed by atoms with E-state index in [-0.39, 0.29) is 6.04 Å². The van der Waals surface area contributed by atoms with Crippen molar-refractivity contribution >= 4 is 0 Å². The lowest BCUT2D eigenvalue weighted by molar-refractivity contribution is 0.523. The molecule has 98 valence electrons. The SMILES string of the molecule is CCNC(Cc1c(C)nn(C)c1C)c1ccoc1. The molecular formula is C14H21N3O. The highest BCUT2D eigenvalue weighted by Gasteiger charge is 2.17. The smallest absolute Gasteiger partial charge is 0.0950 e. The lowest BCUT2D eigenvalue weighted by atomic mass is 10.00. The molecule has 0 saturated carbocycles. The van der Waals surface area contributed by atoms with E-state index in [0.717, 1.165) is 18.7 Å². The van der Waals surface area contributed by atoms with Gasteiger partial charge in [-0.1, -0.05) is 6.92 Å². The zero-order chi connectivity index (χ0) is 13.1. The minimum absolute atomic E-state index is 0.287. The van der Waals surface area contributed by atoms with E-state index >= 15 is 0 Å². The molecule has 1 N–H and O–H groups in total. The van der Waals surface area contributed by atoms with Crippen LogP contribution < -0.4 is 5.32 Å². The number of likely N-dealkylation sites (N-methyl/N-ethyl adjacent to an activating group) is 1. The van der Waals surface area contributed by atoms with E-state index < -0.39 is 0 Å². The third kappa shape index (κ3) is 2.48. The van der Waals surface area contributed by atoms with Crippen LogP contribution in [0.4, 0.5) is 0 Å². The summed E-state index contributed by atoms with van der Waals surface area (Å²) < 4.78 is 7.13. The largest absolute Gasteiger partial charge is 0.472 e. The van der Waals surface area contributed by atoms with Gasteiger partial charge in [0.2, 0.25) is 0 Å². The van der Waals surface area contributed by atoms with Crippen LogP contribution in [-0.4, -0.2) is 16.3 Å². The Labute approximate surface area is 108 Å². The highest BCUT2D eigenvalue weighted by Crippen LogP contribution is 2.22. The highest BCUT2D eigenvalue weighted by atomic mass is 16.3. The molecule has 0 amide bonds. The molecule has 0 aliphatic rings. The Morgan fingerprint density at radius 1 is 1.44 bits per heavy atom. The molecule has 0 spiro atoms. The summed E-state index contributed by atoms with van der Waals surface area (Å²) in [6, 6.07) is 2.31. The van der Waals surface area contributed by atoms with Crippen molar-refractivity contribution in [2.24, 2.45) is 7.05 Å². The van der Waals surface area contributed by atoms with E-state index in [1.165, 1.54) is 16.8 Å². The maximum Gasteiger partial charge on any atom is 0.0950 e. The molecule has 18 heavy (non-hydrogen) atoms. The fourth-order valence-corrected chi connectivity index (χ4v) is 2.34. The van der Waals surface area contributed by atoms with Gasteiger partial charge in [-0.25, -0.2) is 0 Å². The van der Waals surface area contributed by atoms with Crippen LogP contribution in [0.25, 0.3) is 0 Å². The first kappa shape index (κ1) is 12.9. The van der Waals surface area contributed by atoms with Gasteiger partial charge < -0.3 is 9.73 Å². The lowest BCUT2D eigenvalue weighted by Crippen LogP contribution is -2.23. The van der Waals surface area contributed by atoms with Crippen molar-refractivity contribution in [2.75, 3.05) is 6.54 Å².